The summed E-state index contributed by atoms with van der Waals surface area (Å²) in [5.74, 6) is 0.848. The monoisotopic (exact) mass is 358 g/mol. The van der Waals surface area contributed by atoms with Gasteiger partial charge in [-0.3, -0.25) is 5.10 Å². The Kier molecular flexibility index (Phi) is 4.31. The summed E-state index contributed by atoms with van der Waals surface area (Å²) < 4.78 is 2.12. The summed E-state index contributed by atoms with van der Waals surface area (Å²) >= 11 is 6.94. The first-order valence-electron chi connectivity index (χ1n) is 5.19. The van der Waals surface area contributed by atoms with E-state index in [4.69, 9.17) is 0 Å². The number of halogens is 2. The van der Waals surface area contributed by atoms with Crippen LogP contribution in [0.2, 0.25) is 0 Å². The van der Waals surface area contributed by atoms with E-state index in [2.05, 4.69) is 71.4 Å². The molecule has 0 spiro atoms. The Labute approximate surface area is 116 Å². The van der Waals surface area contributed by atoms with E-state index in [1.807, 2.05) is 6.07 Å². The molecule has 0 saturated carbocycles. The molecule has 2 N–H and O–H groups in total. The van der Waals surface area contributed by atoms with Crippen molar-refractivity contribution in [1.82, 2.24) is 20.5 Å². The Morgan fingerprint density at radius 2 is 2.18 bits per heavy atom. The predicted molar refractivity (Wildman–Crippen MR) is 73.5 cm³/mol. The van der Waals surface area contributed by atoms with Crippen LogP contribution in [0.25, 0.3) is 0 Å². The fourth-order valence-electron chi connectivity index (χ4n) is 1.44. The van der Waals surface area contributed by atoms with Crippen LogP contribution in [0.1, 0.15) is 24.4 Å². The van der Waals surface area contributed by atoms with Gasteiger partial charge >= 0.3 is 0 Å². The van der Waals surface area contributed by atoms with Crippen molar-refractivity contribution in [2.45, 2.75) is 19.5 Å². The van der Waals surface area contributed by atoms with Crippen LogP contribution in [-0.2, 0) is 6.54 Å². The number of H-pyrrole nitrogens is 1. The van der Waals surface area contributed by atoms with Gasteiger partial charge in [0.1, 0.15) is 12.2 Å². The van der Waals surface area contributed by atoms with Crippen LogP contribution in [0, 0.1) is 0 Å². The number of hydrogen-bond acceptors (Lipinski definition) is 3. The van der Waals surface area contributed by atoms with Crippen molar-refractivity contribution in [2.75, 3.05) is 0 Å². The van der Waals surface area contributed by atoms with Crippen LogP contribution < -0.4 is 5.32 Å². The molecule has 1 atom stereocenters. The first-order valence-corrected chi connectivity index (χ1v) is 6.78. The fraction of sp³-hybridized carbons (Fsp3) is 0.273. The molecule has 0 aliphatic rings. The minimum Gasteiger partial charge on any atom is -0.303 e. The predicted octanol–water partition coefficient (Wildman–Crippen LogP) is 3.18. The Balaban J connectivity index is 1.96. The fourth-order valence-corrected chi connectivity index (χ4v) is 2.11. The molecule has 0 amide bonds. The van der Waals surface area contributed by atoms with Crippen LogP contribution in [0.15, 0.2) is 33.5 Å². The molecule has 1 unspecified atom stereocenters. The molecule has 2 rings (SSSR count). The van der Waals surface area contributed by atoms with Gasteiger partial charge in [0.05, 0.1) is 6.04 Å². The lowest BCUT2D eigenvalue weighted by atomic mass is 10.2. The maximum absolute atomic E-state index is 4.11. The highest BCUT2D eigenvalue weighted by Crippen LogP contribution is 2.23. The lowest BCUT2D eigenvalue weighted by Gasteiger charge is -2.11. The minimum atomic E-state index is 0.153. The molecule has 0 aliphatic carbocycles. The molecule has 0 bridgehead atoms. The van der Waals surface area contributed by atoms with Crippen molar-refractivity contribution in [3.8, 4) is 0 Å². The molecular formula is C11H12Br2N4. The van der Waals surface area contributed by atoms with Gasteiger partial charge in [-0.1, -0.05) is 6.07 Å². The molecule has 1 heterocycles. The van der Waals surface area contributed by atoms with Crippen LogP contribution >= 0.6 is 31.9 Å². The van der Waals surface area contributed by atoms with Crippen molar-refractivity contribution in [3.05, 3.63) is 44.9 Å². The van der Waals surface area contributed by atoms with Crippen LogP contribution in [0.5, 0.6) is 0 Å². The smallest absolute Gasteiger partial charge is 0.141 e. The van der Waals surface area contributed by atoms with Gasteiger partial charge in [-0.15, -0.1) is 0 Å². The van der Waals surface area contributed by atoms with Gasteiger partial charge in [0.2, 0.25) is 0 Å². The summed E-state index contributed by atoms with van der Waals surface area (Å²) in [6.07, 6.45) is 1.52. The molecule has 17 heavy (non-hydrogen) atoms. The second-order valence-electron chi connectivity index (χ2n) is 3.72. The lowest BCUT2D eigenvalue weighted by molar-refractivity contribution is 0.548. The van der Waals surface area contributed by atoms with Crippen molar-refractivity contribution in [1.29, 1.82) is 0 Å². The van der Waals surface area contributed by atoms with E-state index in [1.54, 1.807) is 0 Å². The number of nitrogens with zero attached hydrogens (tertiary/aromatic N) is 2. The summed E-state index contributed by atoms with van der Waals surface area (Å²) in [5, 5.41) is 10.1. The summed E-state index contributed by atoms with van der Waals surface area (Å²) in [7, 11) is 0. The van der Waals surface area contributed by atoms with E-state index in [0.29, 0.717) is 0 Å². The first-order chi connectivity index (χ1) is 8.16. The number of aromatic nitrogens is 3. The maximum atomic E-state index is 4.11. The molecule has 1 aromatic carbocycles. The standard InChI is InChI=1S/C11H12Br2N4/c1-7(11-15-6-16-17-11)14-5-8-2-3-9(12)10(13)4-8/h2-4,6-7,14H,5H2,1H3,(H,15,16,17). The molecule has 90 valence electrons. The second-order valence-corrected chi connectivity index (χ2v) is 5.43. The van der Waals surface area contributed by atoms with Crippen molar-refractivity contribution in [2.24, 2.45) is 0 Å². The summed E-state index contributed by atoms with van der Waals surface area (Å²) in [5.41, 5.74) is 1.21. The van der Waals surface area contributed by atoms with E-state index in [9.17, 15) is 0 Å². The van der Waals surface area contributed by atoms with Crippen molar-refractivity contribution >= 4 is 31.9 Å². The van der Waals surface area contributed by atoms with Crippen LogP contribution in [0.3, 0.4) is 0 Å². The topological polar surface area (TPSA) is 53.6 Å². The Hall–Kier alpha value is -0.720. The normalized spacial score (nSPS) is 12.6. The summed E-state index contributed by atoms with van der Waals surface area (Å²) in [6, 6.07) is 6.35. The van der Waals surface area contributed by atoms with Gasteiger partial charge in [0.25, 0.3) is 0 Å². The highest BCUT2D eigenvalue weighted by atomic mass is 79.9. The SMILES string of the molecule is CC(NCc1ccc(Br)c(Br)c1)c1ncn[nH]1. The number of aromatic amines is 1. The molecule has 1 aromatic heterocycles. The van der Waals surface area contributed by atoms with Crippen molar-refractivity contribution in [3.63, 3.8) is 0 Å². The lowest BCUT2D eigenvalue weighted by Crippen LogP contribution is -2.19. The highest BCUT2D eigenvalue weighted by Gasteiger charge is 2.07. The van der Waals surface area contributed by atoms with Crippen LogP contribution in [0.4, 0.5) is 0 Å². The Morgan fingerprint density at radius 1 is 1.35 bits per heavy atom. The van der Waals surface area contributed by atoms with E-state index in [-0.39, 0.29) is 6.04 Å². The molecule has 4 nitrogen and oxygen atoms in total. The van der Waals surface area contributed by atoms with Gasteiger partial charge in [-0.05, 0) is 56.5 Å². The molecule has 0 radical (unpaired) electrons. The number of benzene rings is 1. The highest BCUT2D eigenvalue weighted by molar-refractivity contribution is 9.13. The number of nitrogens with one attached hydrogen (secondary N) is 2. The van der Waals surface area contributed by atoms with E-state index in [0.717, 1.165) is 21.3 Å². The summed E-state index contributed by atoms with van der Waals surface area (Å²) in [4.78, 5) is 4.11. The average Bonchev–Trinajstić information content (AvgIpc) is 2.84. The molecule has 2 aromatic rings. The molecule has 6 heteroatoms. The van der Waals surface area contributed by atoms with Crippen LogP contribution in [-0.4, -0.2) is 15.2 Å². The first kappa shape index (κ1) is 12.7. The second kappa shape index (κ2) is 5.75. The Bertz CT molecular complexity index is 484. The third-order valence-corrected chi connectivity index (χ3v) is 4.32. The molecule has 0 aliphatic heterocycles. The minimum absolute atomic E-state index is 0.153. The van der Waals surface area contributed by atoms with Gasteiger partial charge in [-0.25, -0.2) is 4.98 Å². The third kappa shape index (κ3) is 3.37. The third-order valence-electron chi connectivity index (χ3n) is 2.44. The van der Waals surface area contributed by atoms with E-state index >= 15 is 0 Å². The zero-order valence-corrected chi connectivity index (χ0v) is 12.4. The quantitative estimate of drug-likeness (QED) is 0.881. The number of rotatable bonds is 4. The van der Waals surface area contributed by atoms with Gasteiger partial charge in [0, 0.05) is 15.5 Å². The van der Waals surface area contributed by atoms with E-state index in [1.165, 1.54) is 11.9 Å². The van der Waals surface area contributed by atoms with Gasteiger partial charge in [-0.2, -0.15) is 5.10 Å². The zero-order chi connectivity index (χ0) is 12.3. The average molecular weight is 360 g/mol. The Morgan fingerprint density at radius 3 is 2.82 bits per heavy atom. The largest absolute Gasteiger partial charge is 0.303 e. The summed E-state index contributed by atoms with van der Waals surface area (Å²) in [6.45, 7) is 2.84. The van der Waals surface area contributed by atoms with Gasteiger partial charge in [0.15, 0.2) is 0 Å². The maximum Gasteiger partial charge on any atom is 0.141 e. The molecular weight excluding hydrogens is 348 g/mol. The zero-order valence-electron chi connectivity index (χ0n) is 9.24. The molecule has 0 saturated heterocycles. The van der Waals surface area contributed by atoms with Gasteiger partial charge < -0.3 is 5.32 Å². The molecule has 0 fully saturated rings. The number of hydrogen-bond donors (Lipinski definition) is 2. The van der Waals surface area contributed by atoms with Crippen molar-refractivity contribution < 1.29 is 0 Å². The van der Waals surface area contributed by atoms with E-state index < -0.39 is 0 Å².